The number of benzene rings is 1. The summed E-state index contributed by atoms with van der Waals surface area (Å²) in [6.45, 7) is 1.82. The molecule has 0 spiro atoms. The summed E-state index contributed by atoms with van der Waals surface area (Å²) in [5.74, 6) is 6.09. The highest BCUT2D eigenvalue weighted by Gasteiger charge is 2.17. The van der Waals surface area contributed by atoms with Crippen molar-refractivity contribution in [1.82, 2.24) is 19.9 Å². The van der Waals surface area contributed by atoms with Gasteiger partial charge in [0.1, 0.15) is 11.5 Å². The minimum absolute atomic E-state index is 0.361. The molecule has 0 bridgehead atoms. The van der Waals surface area contributed by atoms with Crippen molar-refractivity contribution in [1.29, 1.82) is 0 Å². The lowest BCUT2D eigenvalue weighted by atomic mass is 10.1. The summed E-state index contributed by atoms with van der Waals surface area (Å²) in [7, 11) is 0. The van der Waals surface area contributed by atoms with Crippen molar-refractivity contribution >= 4 is 11.6 Å². The summed E-state index contributed by atoms with van der Waals surface area (Å²) in [5, 5.41) is 8.57. The Morgan fingerprint density at radius 2 is 2.07 bits per heavy atom. The monoisotopic (exact) mass is 392 g/mol. The molecule has 0 amide bonds. The fourth-order valence-corrected chi connectivity index (χ4v) is 3.08. The summed E-state index contributed by atoms with van der Waals surface area (Å²) in [6.07, 6.45) is 5.03. The zero-order valence-electron chi connectivity index (χ0n) is 14.8. The average molecular weight is 393 g/mol. The van der Waals surface area contributed by atoms with E-state index in [-0.39, 0.29) is 11.9 Å². The van der Waals surface area contributed by atoms with Gasteiger partial charge in [0.2, 0.25) is 0 Å². The van der Waals surface area contributed by atoms with Gasteiger partial charge >= 0.3 is 0 Å². The summed E-state index contributed by atoms with van der Waals surface area (Å²) in [5.41, 5.74) is 2.23. The quantitative estimate of drug-likeness (QED) is 0.473. The van der Waals surface area contributed by atoms with Crippen LogP contribution in [0.15, 0.2) is 65.6 Å². The van der Waals surface area contributed by atoms with Gasteiger partial charge in [-0.2, -0.15) is 5.10 Å². The van der Waals surface area contributed by atoms with Crippen LogP contribution in [0.4, 0.5) is 4.39 Å². The van der Waals surface area contributed by atoms with Crippen LogP contribution in [-0.2, 0) is 0 Å². The van der Waals surface area contributed by atoms with E-state index in [2.05, 4.69) is 27.1 Å². The molecule has 1 atom stereocenters. The van der Waals surface area contributed by atoms with E-state index in [1.807, 2.05) is 25.1 Å². The number of pyridine rings is 1. The van der Waals surface area contributed by atoms with Crippen LogP contribution in [0.5, 0.6) is 0 Å². The van der Waals surface area contributed by atoms with E-state index in [0.717, 1.165) is 0 Å². The summed E-state index contributed by atoms with van der Waals surface area (Å²) < 4.78 is 21.0. The van der Waals surface area contributed by atoms with Gasteiger partial charge in [0.25, 0.3) is 0 Å². The molecule has 0 saturated carbocycles. The van der Waals surface area contributed by atoms with E-state index in [9.17, 15) is 4.39 Å². The first kappa shape index (κ1) is 18.0. The first-order valence-electron chi connectivity index (χ1n) is 8.50. The van der Waals surface area contributed by atoms with Crippen LogP contribution >= 0.6 is 11.6 Å². The van der Waals surface area contributed by atoms with Crippen LogP contribution in [0.1, 0.15) is 29.8 Å². The second-order valence-electron chi connectivity index (χ2n) is 6.06. The van der Waals surface area contributed by atoms with Crippen LogP contribution in [-0.4, -0.2) is 19.9 Å². The van der Waals surface area contributed by atoms with Crippen LogP contribution in [0.3, 0.4) is 0 Å². The van der Waals surface area contributed by atoms with Gasteiger partial charge < -0.3 is 4.52 Å². The van der Waals surface area contributed by atoms with Gasteiger partial charge in [-0.1, -0.05) is 34.8 Å². The van der Waals surface area contributed by atoms with Crippen molar-refractivity contribution in [2.75, 3.05) is 0 Å². The van der Waals surface area contributed by atoms with Gasteiger partial charge in [-0.3, -0.25) is 9.67 Å². The molecule has 28 heavy (non-hydrogen) atoms. The molecule has 3 aromatic heterocycles. The number of aromatic nitrogens is 4. The van der Waals surface area contributed by atoms with Crippen molar-refractivity contribution in [3.8, 4) is 23.3 Å². The molecule has 0 saturated heterocycles. The van der Waals surface area contributed by atoms with Gasteiger partial charge in [-0.15, -0.1) is 0 Å². The number of hydrogen-bond donors (Lipinski definition) is 0. The second kappa shape index (κ2) is 7.67. The van der Waals surface area contributed by atoms with Crippen molar-refractivity contribution in [2.45, 2.75) is 13.0 Å². The molecule has 0 aliphatic carbocycles. The highest BCUT2D eigenvalue weighted by atomic mass is 35.5. The fourth-order valence-electron chi connectivity index (χ4n) is 2.76. The molecule has 0 aliphatic heterocycles. The molecule has 1 aromatic carbocycles. The summed E-state index contributed by atoms with van der Waals surface area (Å²) in [6, 6.07) is 11.5. The van der Waals surface area contributed by atoms with E-state index in [1.54, 1.807) is 41.5 Å². The lowest BCUT2D eigenvalue weighted by Crippen LogP contribution is -2.09. The summed E-state index contributed by atoms with van der Waals surface area (Å²) in [4.78, 5) is 4.21. The molecule has 0 radical (unpaired) electrons. The van der Waals surface area contributed by atoms with E-state index >= 15 is 0 Å². The highest BCUT2D eigenvalue weighted by Crippen LogP contribution is 2.28. The maximum absolute atomic E-state index is 14.1. The van der Waals surface area contributed by atoms with Gasteiger partial charge in [-0.05, 0) is 37.1 Å². The molecule has 5 nitrogen and oxygen atoms in total. The number of rotatable bonds is 3. The van der Waals surface area contributed by atoms with Crippen LogP contribution < -0.4 is 0 Å². The normalized spacial score (nSPS) is 11.7. The van der Waals surface area contributed by atoms with Crippen molar-refractivity contribution < 1.29 is 8.91 Å². The Hall–Kier alpha value is -3.43. The van der Waals surface area contributed by atoms with E-state index in [1.165, 1.54) is 6.07 Å². The topological polar surface area (TPSA) is 56.7 Å². The summed E-state index contributed by atoms with van der Waals surface area (Å²) >= 11 is 6.14. The lowest BCUT2D eigenvalue weighted by Gasteiger charge is -2.14. The number of halogens is 2. The molecule has 4 aromatic rings. The third-order valence-electron chi connectivity index (χ3n) is 4.18. The van der Waals surface area contributed by atoms with Gasteiger partial charge in [-0.25, -0.2) is 4.39 Å². The van der Waals surface area contributed by atoms with Gasteiger partial charge in [0, 0.05) is 29.0 Å². The Balaban J connectivity index is 1.54. The fraction of sp³-hybridized carbons (Fsp3) is 0.0952. The Morgan fingerprint density at radius 3 is 2.86 bits per heavy atom. The minimum Gasteiger partial charge on any atom is -0.353 e. The maximum atomic E-state index is 14.1. The molecule has 1 unspecified atom stereocenters. The van der Waals surface area contributed by atoms with Crippen LogP contribution in [0, 0.1) is 17.7 Å². The van der Waals surface area contributed by atoms with Gasteiger partial charge in [0.05, 0.1) is 17.8 Å². The minimum atomic E-state index is -0.368. The molecule has 7 heteroatoms. The van der Waals surface area contributed by atoms with Crippen molar-refractivity contribution in [3.05, 3.63) is 88.7 Å². The maximum Gasteiger partial charge on any atom is 0.186 e. The Labute approximate surface area is 165 Å². The van der Waals surface area contributed by atoms with Crippen molar-refractivity contribution in [2.24, 2.45) is 0 Å². The standard InChI is InChI=1S/C21H14ClFN4O/c1-14(21-17(22)5-4-6-18(21)23)27-13-15(12-25-27)8-9-16-11-20(28-26-16)19-7-2-3-10-24-19/h2-7,10-14H,1H3. The third-order valence-corrected chi connectivity index (χ3v) is 4.51. The molecule has 138 valence electrons. The van der Waals surface area contributed by atoms with Crippen LogP contribution in [0.25, 0.3) is 11.5 Å². The van der Waals surface area contributed by atoms with E-state index in [4.69, 9.17) is 16.1 Å². The lowest BCUT2D eigenvalue weighted by molar-refractivity contribution is 0.429. The molecule has 3 heterocycles. The van der Waals surface area contributed by atoms with Crippen molar-refractivity contribution in [3.63, 3.8) is 0 Å². The van der Waals surface area contributed by atoms with Gasteiger partial charge in [0.15, 0.2) is 11.5 Å². The Bertz CT molecular complexity index is 1150. The third kappa shape index (κ3) is 3.66. The van der Waals surface area contributed by atoms with E-state index in [0.29, 0.717) is 33.3 Å². The first-order chi connectivity index (χ1) is 13.6. The molecule has 0 fully saturated rings. The predicted molar refractivity (Wildman–Crippen MR) is 103 cm³/mol. The molecular weight excluding hydrogens is 379 g/mol. The molecule has 4 rings (SSSR count). The predicted octanol–water partition coefficient (Wildman–Crippen LogP) is 4.73. The highest BCUT2D eigenvalue weighted by molar-refractivity contribution is 6.31. The smallest absolute Gasteiger partial charge is 0.186 e. The second-order valence-corrected chi connectivity index (χ2v) is 6.47. The van der Waals surface area contributed by atoms with E-state index < -0.39 is 0 Å². The zero-order valence-corrected chi connectivity index (χ0v) is 15.6. The van der Waals surface area contributed by atoms with Crippen LogP contribution in [0.2, 0.25) is 5.02 Å². The number of nitrogens with zero attached hydrogens (tertiary/aromatic N) is 4. The molecule has 0 aliphatic rings. The molecule has 0 N–H and O–H groups in total. The zero-order chi connectivity index (χ0) is 19.5. The molecular formula is C21H14ClFN4O. The largest absolute Gasteiger partial charge is 0.353 e. The number of hydrogen-bond acceptors (Lipinski definition) is 4. The average Bonchev–Trinajstić information content (AvgIpc) is 3.36. The first-order valence-corrected chi connectivity index (χ1v) is 8.88. The Morgan fingerprint density at radius 1 is 1.18 bits per heavy atom. The SMILES string of the molecule is CC(c1c(F)cccc1Cl)n1cc(C#Cc2cc(-c3ccccn3)on2)cn1. The Kier molecular flexibility index (Phi) is 4.92.